The molecule has 104 valence electrons. The van der Waals surface area contributed by atoms with Gasteiger partial charge in [0.1, 0.15) is 5.75 Å². The van der Waals surface area contributed by atoms with Crippen LogP contribution in [0.3, 0.4) is 0 Å². The standard InChI is InChI=1S/C13H11FN2O4/c14-4-9(12(13(19)20)16-6-17)10-5-15-11-2-1-7(18)3-8(10)11/h1-6,12,15,18H,(H,16,17)(H,19,20)/t12-/m0/s1. The molecule has 2 aromatic rings. The number of halogens is 1. The molecule has 1 aromatic heterocycles. The van der Waals surface area contributed by atoms with Crippen molar-refractivity contribution in [1.29, 1.82) is 0 Å². The first-order valence-electron chi connectivity index (χ1n) is 5.61. The average Bonchev–Trinajstić information content (AvgIpc) is 2.81. The predicted octanol–water partition coefficient (Wildman–Crippen LogP) is 1.38. The number of carbonyl (C=O) groups excluding carboxylic acids is 1. The molecule has 2 rings (SSSR count). The third kappa shape index (κ3) is 2.33. The van der Waals surface area contributed by atoms with Crippen LogP contribution < -0.4 is 5.32 Å². The number of hydrogen-bond acceptors (Lipinski definition) is 3. The van der Waals surface area contributed by atoms with Gasteiger partial charge in [0.25, 0.3) is 0 Å². The van der Waals surface area contributed by atoms with Gasteiger partial charge >= 0.3 is 5.97 Å². The number of aliphatic carboxylic acids is 1. The fourth-order valence-electron chi connectivity index (χ4n) is 1.99. The molecule has 0 bridgehead atoms. The lowest BCUT2D eigenvalue weighted by molar-refractivity contribution is -0.138. The van der Waals surface area contributed by atoms with Crippen molar-refractivity contribution in [3.05, 3.63) is 36.3 Å². The molecule has 0 saturated carbocycles. The van der Waals surface area contributed by atoms with Crippen LogP contribution in [0.4, 0.5) is 4.39 Å². The van der Waals surface area contributed by atoms with Gasteiger partial charge in [-0.2, -0.15) is 0 Å². The number of amides is 1. The van der Waals surface area contributed by atoms with Crippen molar-refractivity contribution >= 4 is 28.9 Å². The molecule has 4 N–H and O–H groups in total. The number of benzene rings is 1. The molecule has 0 radical (unpaired) electrons. The largest absolute Gasteiger partial charge is 0.508 e. The van der Waals surface area contributed by atoms with E-state index in [1.54, 1.807) is 6.07 Å². The number of aromatic nitrogens is 1. The Bertz CT molecular complexity index is 693. The number of nitrogens with one attached hydrogen (secondary N) is 2. The minimum atomic E-state index is -1.51. The van der Waals surface area contributed by atoms with Crippen LogP contribution in [0.2, 0.25) is 0 Å². The van der Waals surface area contributed by atoms with Crippen molar-refractivity contribution in [3.63, 3.8) is 0 Å². The van der Waals surface area contributed by atoms with E-state index < -0.39 is 12.0 Å². The van der Waals surface area contributed by atoms with Crippen LogP contribution in [-0.4, -0.2) is 33.6 Å². The van der Waals surface area contributed by atoms with E-state index in [9.17, 15) is 19.1 Å². The van der Waals surface area contributed by atoms with Crippen LogP contribution in [0.25, 0.3) is 16.5 Å². The molecule has 0 spiro atoms. The molecule has 1 heterocycles. The molecule has 0 aliphatic heterocycles. The number of carboxylic acids is 1. The maximum atomic E-state index is 13.1. The number of fused-ring (bicyclic) bond motifs is 1. The summed E-state index contributed by atoms with van der Waals surface area (Å²) in [5.41, 5.74) is 0.633. The fraction of sp³-hybridized carbons (Fsp3) is 0.0769. The first-order valence-corrected chi connectivity index (χ1v) is 5.61. The van der Waals surface area contributed by atoms with Crippen LogP contribution in [-0.2, 0) is 9.59 Å². The van der Waals surface area contributed by atoms with E-state index in [-0.39, 0.29) is 29.6 Å². The number of carboxylic acid groups (broad SMARTS) is 1. The van der Waals surface area contributed by atoms with Crippen LogP contribution >= 0.6 is 0 Å². The molecule has 7 heteroatoms. The monoisotopic (exact) mass is 278 g/mol. The molecule has 0 aliphatic rings. The van der Waals surface area contributed by atoms with Gasteiger partial charge in [-0.25, -0.2) is 9.18 Å². The van der Waals surface area contributed by atoms with Crippen molar-refractivity contribution in [1.82, 2.24) is 10.3 Å². The number of aromatic hydroxyl groups is 1. The Morgan fingerprint density at radius 3 is 2.80 bits per heavy atom. The van der Waals surface area contributed by atoms with Crippen LogP contribution in [0.1, 0.15) is 5.56 Å². The van der Waals surface area contributed by atoms with Crippen molar-refractivity contribution in [3.8, 4) is 5.75 Å². The van der Waals surface area contributed by atoms with Crippen molar-refractivity contribution in [2.24, 2.45) is 0 Å². The lowest BCUT2D eigenvalue weighted by Crippen LogP contribution is -2.36. The molecule has 1 atom stereocenters. The lowest BCUT2D eigenvalue weighted by atomic mass is 9.99. The molecular formula is C13H11FN2O4. The maximum Gasteiger partial charge on any atom is 0.331 e. The smallest absolute Gasteiger partial charge is 0.331 e. The highest BCUT2D eigenvalue weighted by Gasteiger charge is 2.25. The normalized spacial score (nSPS) is 13.2. The highest BCUT2D eigenvalue weighted by Crippen LogP contribution is 2.30. The van der Waals surface area contributed by atoms with E-state index in [2.05, 4.69) is 4.98 Å². The quantitative estimate of drug-likeness (QED) is 0.620. The van der Waals surface area contributed by atoms with Crippen LogP contribution in [0, 0.1) is 0 Å². The zero-order valence-electron chi connectivity index (χ0n) is 10.1. The first kappa shape index (κ1) is 13.6. The van der Waals surface area contributed by atoms with Gasteiger partial charge in [0.15, 0.2) is 6.04 Å². The van der Waals surface area contributed by atoms with E-state index >= 15 is 0 Å². The van der Waals surface area contributed by atoms with Crippen LogP contribution in [0.5, 0.6) is 5.75 Å². The van der Waals surface area contributed by atoms with Gasteiger partial charge in [0.05, 0.1) is 6.33 Å². The third-order valence-corrected chi connectivity index (χ3v) is 2.89. The number of H-pyrrole nitrogens is 1. The number of carbonyl (C=O) groups is 2. The zero-order valence-corrected chi connectivity index (χ0v) is 10.1. The molecule has 0 saturated heterocycles. The highest BCUT2D eigenvalue weighted by molar-refractivity contribution is 6.00. The van der Waals surface area contributed by atoms with E-state index in [0.29, 0.717) is 10.9 Å². The molecule has 20 heavy (non-hydrogen) atoms. The van der Waals surface area contributed by atoms with Gasteiger partial charge < -0.3 is 20.5 Å². The predicted molar refractivity (Wildman–Crippen MR) is 69.7 cm³/mol. The topological polar surface area (TPSA) is 102 Å². The van der Waals surface area contributed by atoms with E-state index in [0.717, 1.165) is 0 Å². The van der Waals surface area contributed by atoms with E-state index in [1.807, 2.05) is 5.32 Å². The summed E-state index contributed by atoms with van der Waals surface area (Å²) in [6, 6.07) is 2.89. The molecule has 6 nitrogen and oxygen atoms in total. The zero-order chi connectivity index (χ0) is 14.7. The SMILES string of the molecule is O=CN[C@H](C(=O)O)C(=CF)c1c[nH]c2ccc(O)cc12. The highest BCUT2D eigenvalue weighted by atomic mass is 19.1. The molecule has 1 aromatic carbocycles. The maximum absolute atomic E-state index is 13.1. The van der Waals surface area contributed by atoms with E-state index in [4.69, 9.17) is 5.11 Å². The summed E-state index contributed by atoms with van der Waals surface area (Å²) in [5.74, 6) is -1.43. The number of hydrogen-bond donors (Lipinski definition) is 4. The summed E-state index contributed by atoms with van der Waals surface area (Å²) < 4.78 is 13.1. The van der Waals surface area contributed by atoms with Gasteiger partial charge in [-0.1, -0.05) is 0 Å². The van der Waals surface area contributed by atoms with Crippen molar-refractivity contribution in [2.45, 2.75) is 6.04 Å². The lowest BCUT2D eigenvalue weighted by Gasteiger charge is -2.13. The Morgan fingerprint density at radius 1 is 1.45 bits per heavy atom. The molecule has 0 fully saturated rings. The minimum absolute atomic E-state index is 0.0354. The Balaban J connectivity index is 2.57. The number of rotatable bonds is 5. The number of aromatic amines is 1. The number of phenols is 1. The Kier molecular flexibility index (Phi) is 3.69. The van der Waals surface area contributed by atoms with Crippen LogP contribution in [0.15, 0.2) is 30.7 Å². The molecule has 0 unspecified atom stereocenters. The van der Waals surface area contributed by atoms with Gasteiger partial charge in [0, 0.05) is 28.2 Å². The summed E-state index contributed by atoms with van der Waals surface area (Å²) >= 11 is 0. The molecule has 1 amide bonds. The first-order chi connectivity index (χ1) is 9.58. The van der Waals surface area contributed by atoms with Gasteiger partial charge in [-0.15, -0.1) is 0 Å². The van der Waals surface area contributed by atoms with Gasteiger partial charge in [-0.3, -0.25) is 4.79 Å². The summed E-state index contributed by atoms with van der Waals surface area (Å²) in [7, 11) is 0. The second-order valence-corrected chi connectivity index (χ2v) is 4.05. The van der Waals surface area contributed by atoms with Gasteiger partial charge in [-0.05, 0) is 18.2 Å². The number of phenolic OH excluding ortho intramolecular Hbond substituents is 1. The summed E-state index contributed by atoms with van der Waals surface area (Å²) in [5, 5.41) is 21.0. The Morgan fingerprint density at radius 2 is 2.20 bits per heavy atom. The fourth-order valence-corrected chi connectivity index (χ4v) is 1.99. The molecule has 0 aliphatic carbocycles. The third-order valence-electron chi connectivity index (χ3n) is 2.89. The minimum Gasteiger partial charge on any atom is -0.508 e. The van der Waals surface area contributed by atoms with Crippen molar-refractivity contribution < 1.29 is 24.2 Å². The second kappa shape index (κ2) is 5.43. The van der Waals surface area contributed by atoms with E-state index in [1.165, 1.54) is 18.3 Å². The molecular weight excluding hydrogens is 267 g/mol. The Labute approximate surface area is 112 Å². The Hall–Kier alpha value is -2.83. The second-order valence-electron chi connectivity index (χ2n) is 4.05. The average molecular weight is 278 g/mol. The van der Waals surface area contributed by atoms with Gasteiger partial charge in [0.2, 0.25) is 6.41 Å². The summed E-state index contributed by atoms with van der Waals surface area (Å²) in [4.78, 5) is 24.4. The summed E-state index contributed by atoms with van der Waals surface area (Å²) in [6.45, 7) is 0. The van der Waals surface area contributed by atoms with Crippen molar-refractivity contribution in [2.75, 3.05) is 0 Å². The summed E-state index contributed by atoms with van der Waals surface area (Å²) in [6.07, 6.45) is 1.73.